The smallest absolute Gasteiger partial charge is 0.135 e. The van der Waals surface area contributed by atoms with Gasteiger partial charge in [0.25, 0.3) is 0 Å². The number of hydrogen-bond acceptors (Lipinski definition) is 3. The number of aliphatic hydroxyl groups is 1. The maximum atomic E-state index is 9.69. The number of benzene rings is 1. The molecule has 3 nitrogen and oxygen atoms in total. The predicted molar refractivity (Wildman–Crippen MR) is 95.5 cm³/mol. The lowest BCUT2D eigenvalue weighted by Gasteiger charge is -2.12. The van der Waals surface area contributed by atoms with Gasteiger partial charge in [-0.1, -0.05) is 48.8 Å². The van der Waals surface area contributed by atoms with Gasteiger partial charge in [0.2, 0.25) is 0 Å². The Morgan fingerprint density at radius 3 is 2.43 bits per heavy atom. The second-order valence-corrected chi connectivity index (χ2v) is 8.23. The van der Waals surface area contributed by atoms with E-state index in [2.05, 4.69) is 23.4 Å². The summed E-state index contributed by atoms with van der Waals surface area (Å²) in [5.41, 5.74) is 1.02. The third-order valence-corrected chi connectivity index (χ3v) is 5.43. The SMILES string of the molecule is CC(C)c1nc(CO)n(CC2CC2)c1Sc1cc(Cl)cc(Cl)c1. The Labute approximate surface area is 151 Å². The molecular formula is C17H20Cl2N2OS. The van der Waals surface area contributed by atoms with Gasteiger partial charge in [-0.2, -0.15) is 0 Å². The zero-order valence-corrected chi connectivity index (χ0v) is 15.5. The maximum Gasteiger partial charge on any atom is 0.135 e. The number of imidazole rings is 1. The van der Waals surface area contributed by atoms with Gasteiger partial charge in [0.05, 0.1) is 5.69 Å². The minimum Gasteiger partial charge on any atom is -0.388 e. The Morgan fingerprint density at radius 1 is 1.26 bits per heavy atom. The monoisotopic (exact) mass is 370 g/mol. The first-order chi connectivity index (χ1) is 11.0. The van der Waals surface area contributed by atoms with Gasteiger partial charge in [0.1, 0.15) is 17.5 Å². The molecule has 3 rings (SSSR count). The van der Waals surface area contributed by atoms with Crippen LogP contribution < -0.4 is 0 Å². The summed E-state index contributed by atoms with van der Waals surface area (Å²) in [6.07, 6.45) is 2.51. The lowest BCUT2D eigenvalue weighted by molar-refractivity contribution is 0.262. The molecule has 1 aliphatic carbocycles. The molecule has 1 saturated carbocycles. The minimum atomic E-state index is -0.0384. The summed E-state index contributed by atoms with van der Waals surface area (Å²) in [7, 11) is 0. The first kappa shape index (κ1) is 17.2. The van der Waals surface area contributed by atoms with E-state index in [1.807, 2.05) is 12.1 Å². The molecule has 0 radical (unpaired) electrons. The summed E-state index contributed by atoms with van der Waals surface area (Å²) in [6.45, 7) is 5.13. The number of aromatic nitrogens is 2. The normalized spacial score (nSPS) is 14.7. The van der Waals surface area contributed by atoms with Gasteiger partial charge in [0, 0.05) is 21.5 Å². The lowest BCUT2D eigenvalue weighted by atomic mass is 10.1. The van der Waals surface area contributed by atoms with Crippen molar-refractivity contribution in [2.75, 3.05) is 0 Å². The number of hydrogen-bond donors (Lipinski definition) is 1. The highest BCUT2D eigenvalue weighted by Gasteiger charge is 2.27. The van der Waals surface area contributed by atoms with Gasteiger partial charge < -0.3 is 9.67 Å². The molecule has 0 spiro atoms. The van der Waals surface area contributed by atoms with Crippen LogP contribution in [-0.4, -0.2) is 14.7 Å². The summed E-state index contributed by atoms with van der Waals surface area (Å²) < 4.78 is 2.17. The third-order valence-electron chi connectivity index (χ3n) is 3.90. The van der Waals surface area contributed by atoms with Crippen LogP contribution in [0.2, 0.25) is 10.0 Å². The first-order valence-electron chi connectivity index (χ1n) is 7.82. The molecule has 2 aromatic rings. The number of halogens is 2. The molecule has 23 heavy (non-hydrogen) atoms. The second kappa shape index (κ2) is 7.06. The molecule has 124 valence electrons. The standard InChI is InChI=1S/C17H20Cl2N2OS/c1-10(2)16-17(23-14-6-12(18)5-13(19)7-14)21(8-11-3-4-11)15(9-22)20-16/h5-7,10-11,22H,3-4,8-9H2,1-2H3. The van der Waals surface area contributed by atoms with E-state index in [1.54, 1.807) is 17.8 Å². The molecule has 1 aromatic carbocycles. The maximum absolute atomic E-state index is 9.69. The molecular weight excluding hydrogens is 351 g/mol. The minimum absolute atomic E-state index is 0.0384. The molecule has 1 aliphatic rings. The lowest BCUT2D eigenvalue weighted by Crippen LogP contribution is -2.07. The summed E-state index contributed by atoms with van der Waals surface area (Å²) in [6, 6.07) is 5.56. The van der Waals surface area contributed by atoms with Gasteiger partial charge >= 0.3 is 0 Å². The van der Waals surface area contributed by atoms with Crippen LogP contribution in [0.5, 0.6) is 0 Å². The van der Waals surface area contributed by atoms with Crippen LogP contribution in [0.15, 0.2) is 28.1 Å². The highest BCUT2D eigenvalue weighted by Crippen LogP contribution is 2.39. The van der Waals surface area contributed by atoms with Crippen molar-refractivity contribution in [2.45, 2.75) is 55.7 Å². The van der Waals surface area contributed by atoms with Crippen LogP contribution in [0.25, 0.3) is 0 Å². The Kier molecular flexibility index (Phi) is 5.26. The van der Waals surface area contributed by atoms with Crippen molar-refractivity contribution in [1.82, 2.24) is 9.55 Å². The van der Waals surface area contributed by atoms with Gasteiger partial charge in [-0.05, 0) is 42.9 Å². The van der Waals surface area contributed by atoms with E-state index in [9.17, 15) is 5.11 Å². The van der Waals surface area contributed by atoms with Crippen LogP contribution in [0, 0.1) is 5.92 Å². The molecule has 0 unspecified atom stereocenters. The van der Waals surface area contributed by atoms with Crippen molar-refractivity contribution >= 4 is 35.0 Å². The van der Waals surface area contributed by atoms with E-state index in [0.29, 0.717) is 16.0 Å². The Bertz CT molecular complexity index is 691. The molecule has 0 amide bonds. The van der Waals surface area contributed by atoms with E-state index in [-0.39, 0.29) is 12.5 Å². The van der Waals surface area contributed by atoms with Crippen LogP contribution >= 0.6 is 35.0 Å². The molecule has 0 saturated heterocycles. The van der Waals surface area contributed by atoms with Crippen molar-refractivity contribution in [3.63, 3.8) is 0 Å². The van der Waals surface area contributed by atoms with Gasteiger partial charge in [-0.25, -0.2) is 4.98 Å². The predicted octanol–water partition coefficient (Wildman–Crippen LogP) is 5.37. The molecule has 0 atom stereocenters. The van der Waals surface area contributed by atoms with Gasteiger partial charge in [0.15, 0.2) is 0 Å². The highest BCUT2D eigenvalue weighted by molar-refractivity contribution is 7.99. The van der Waals surface area contributed by atoms with Crippen molar-refractivity contribution in [3.05, 3.63) is 39.8 Å². The van der Waals surface area contributed by atoms with Crippen LogP contribution in [0.4, 0.5) is 0 Å². The number of rotatable bonds is 6. The topological polar surface area (TPSA) is 38.1 Å². The van der Waals surface area contributed by atoms with Crippen LogP contribution in [0.3, 0.4) is 0 Å². The van der Waals surface area contributed by atoms with Crippen LogP contribution in [-0.2, 0) is 13.2 Å². The van der Waals surface area contributed by atoms with Crippen LogP contribution in [0.1, 0.15) is 44.1 Å². The zero-order valence-electron chi connectivity index (χ0n) is 13.2. The van der Waals surface area contributed by atoms with Crippen molar-refractivity contribution in [2.24, 2.45) is 5.92 Å². The summed E-state index contributed by atoms with van der Waals surface area (Å²) in [5, 5.41) is 12.0. The molecule has 1 fully saturated rings. The summed E-state index contributed by atoms with van der Waals surface area (Å²) >= 11 is 13.9. The fraction of sp³-hybridized carbons (Fsp3) is 0.471. The molecule has 1 aromatic heterocycles. The highest BCUT2D eigenvalue weighted by atomic mass is 35.5. The third kappa shape index (κ3) is 4.05. The molecule has 0 aliphatic heterocycles. The average Bonchev–Trinajstić information content (AvgIpc) is 3.21. The average molecular weight is 371 g/mol. The summed E-state index contributed by atoms with van der Waals surface area (Å²) in [5.74, 6) is 1.74. The van der Waals surface area contributed by atoms with E-state index in [1.165, 1.54) is 12.8 Å². The van der Waals surface area contributed by atoms with E-state index in [0.717, 1.165) is 28.0 Å². The molecule has 1 heterocycles. The molecule has 1 N–H and O–H groups in total. The number of nitrogens with zero attached hydrogens (tertiary/aromatic N) is 2. The van der Waals surface area contributed by atoms with E-state index >= 15 is 0 Å². The van der Waals surface area contributed by atoms with Gasteiger partial charge in [-0.3, -0.25) is 0 Å². The molecule has 6 heteroatoms. The Hall–Kier alpha value is -0.680. The van der Waals surface area contributed by atoms with Crippen molar-refractivity contribution in [1.29, 1.82) is 0 Å². The first-order valence-corrected chi connectivity index (χ1v) is 9.39. The Morgan fingerprint density at radius 2 is 1.91 bits per heavy atom. The number of aliphatic hydroxyl groups excluding tert-OH is 1. The van der Waals surface area contributed by atoms with E-state index < -0.39 is 0 Å². The van der Waals surface area contributed by atoms with Crippen molar-refractivity contribution < 1.29 is 5.11 Å². The largest absolute Gasteiger partial charge is 0.388 e. The molecule has 0 bridgehead atoms. The fourth-order valence-corrected chi connectivity index (χ4v) is 4.48. The zero-order chi connectivity index (χ0) is 16.6. The summed E-state index contributed by atoms with van der Waals surface area (Å²) in [4.78, 5) is 5.67. The van der Waals surface area contributed by atoms with Gasteiger partial charge in [-0.15, -0.1) is 0 Å². The van der Waals surface area contributed by atoms with Crippen molar-refractivity contribution in [3.8, 4) is 0 Å². The Balaban J connectivity index is 2.01. The second-order valence-electron chi connectivity index (χ2n) is 6.29. The quantitative estimate of drug-likeness (QED) is 0.742. The van der Waals surface area contributed by atoms with E-state index in [4.69, 9.17) is 23.2 Å². The fourth-order valence-electron chi connectivity index (χ4n) is 2.55.